The minimum atomic E-state index is -0.196. The van der Waals surface area contributed by atoms with Crippen molar-refractivity contribution in [2.45, 2.75) is 13.8 Å². The normalized spacial score (nSPS) is 11.5. The Hall–Kier alpha value is -3.73. The third-order valence-corrected chi connectivity index (χ3v) is 5.14. The van der Waals surface area contributed by atoms with Crippen molar-refractivity contribution >= 4 is 33.6 Å². The number of aryl methyl sites for hydroxylation is 2. The zero-order valence-corrected chi connectivity index (χ0v) is 15.5. The molecule has 0 radical (unpaired) electrons. The molecule has 2 aromatic heterocycles. The molecule has 0 aliphatic carbocycles. The van der Waals surface area contributed by atoms with Crippen molar-refractivity contribution in [1.82, 2.24) is 14.0 Å². The molecule has 5 nitrogen and oxygen atoms in total. The molecule has 0 saturated heterocycles. The lowest BCUT2D eigenvalue weighted by Crippen LogP contribution is -2.18. The van der Waals surface area contributed by atoms with Gasteiger partial charge in [0, 0.05) is 5.56 Å². The highest BCUT2D eigenvalue weighted by Gasteiger charge is 2.21. The summed E-state index contributed by atoms with van der Waals surface area (Å²) in [6.45, 7) is 3.91. The quantitative estimate of drug-likeness (QED) is 0.448. The second-order valence-electron chi connectivity index (χ2n) is 7.02. The Morgan fingerprint density at radius 1 is 0.893 bits per heavy atom. The molecular weight excluding hydrogens is 350 g/mol. The summed E-state index contributed by atoms with van der Waals surface area (Å²) in [5.41, 5.74) is 4.30. The molecule has 0 unspecified atom stereocenters. The predicted molar refractivity (Wildman–Crippen MR) is 110 cm³/mol. The number of carbonyl (C=O) groups excluding carboxylic acids is 1. The summed E-state index contributed by atoms with van der Waals surface area (Å²) in [6.07, 6.45) is 0. The summed E-state index contributed by atoms with van der Waals surface area (Å²) < 4.78 is 3.07. The smallest absolute Gasteiger partial charge is 0.267 e. The second kappa shape index (κ2) is 5.89. The molecular formula is C23H17N3O2. The minimum Gasteiger partial charge on any atom is -0.268 e. The van der Waals surface area contributed by atoms with Crippen LogP contribution in [0.5, 0.6) is 0 Å². The van der Waals surface area contributed by atoms with Gasteiger partial charge in [0.15, 0.2) is 0 Å². The first-order valence-electron chi connectivity index (χ1n) is 9.09. The van der Waals surface area contributed by atoms with Crippen LogP contribution < -0.4 is 5.56 Å². The molecule has 0 bridgehead atoms. The Bertz CT molecular complexity index is 1470. The van der Waals surface area contributed by atoms with E-state index in [1.165, 1.54) is 4.40 Å². The number of hydrogen-bond acceptors (Lipinski definition) is 3. The van der Waals surface area contributed by atoms with Crippen LogP contribution in [0.15, 0.2) is 71.5 Å². The molecule has 2 heterocycles. The van der Waals surface area contributed by atoms with Crippen molar-refractivity contribution in [3.8, 4) is 0 Å². The predicted octanol–water partition coefficient (Wildman–Crippen LogP) is 4.11. The van der Waals surface area contributed by atoms with Crippen LogP contribution in [-0.4, -0.2) is 19.9 Å². The van der Waals surface area contributed by atoms with Crippen molar-refractivity contribution in [1.29, 1.82) is 0 Å². The molecule has 0 N–H and O–H groups in total. The number of aromatic nitrogens is 3. The summed E-state index contributed by atoms with van der Waals surface area (Å²) in [4.78, 5) is 31.4. The van der Waals surface area contributed by atoms with E-state index in [2.05, 4.69) is 4.98 Å². The maximum atomic E-state index is 13.5. The van der Waals surface area contributed by atoms with Gasteiger partial charge in [-0.1, -0.05) is 42.0 Å². The number of hydrogen-bond donors (Lipinski definition) is 0. The van der Waals surface area contributed by atoms with Gasteiger partial charge in [-0.25, -0.2) is 14.0 Å². The molecule has 28 heavy (non-hydrogen) atoms. The summed E-state index contributed by atoms with van der Waals surface area (Å²) in [7, 11) is 0. The lowest BCUT2D eigenvalue weighted by Gasteiger charge is -2.08. The van der Waals surface area contributed by atoms with Crippen molar-refractivity contribution in [3.63, 3.8) is 0 Å². The van der Waals surface area contributed by atoms with Crippen molar-refractivity contribution < 1.29 is 4.79 Å². The SMILES string of the molecule is Cc1ccc(C(=O)n2c3ccccc3n3c(=O)c4ccccc4nc23)c(C)c1. The fourth-order valence-electron chi connectivity index (χ4n) is 3.81. The van der Waals surface area contributed by atoms with Crippen LogP contribution in [0.2, 0.25) is 0 Å². The van der Waals surface area contributed by atoms with E-state index in [1.54, 1.807) is 16.7 Å². The molecule has 0 saturated carbocycles. The number of para-hydroxylation sites is 3. The zero-order valence-electron chi connectivity index (χ0n) is 15.5. The maximum Gasteiger partial charge on any atom is 0.267 e. The fourth-order valence-corrected chi connectivity index (χ4v) is 3.81. The number of imidazole rings is 1. The summed E-state index contributed by atoms with van der Waals surface area (Å²) in [5.74, 6) is 0.133. The van der Waals surface area contributed by atoms with Gasteiger partial charge in [-0.3, -0.25) is 9.59 Å². The highest BCUT2D eigenvalue weighted by molar-refractivity contribution is 6.05. The standard InChI is InChI=1S/C23H17N3O2/c1-14-11-12-16(15(2)13-14)21(27)25-19-9-5-6-10-20(19)26-22(28)17-7-3-4-8-18(17)24-23(25)26/h3-13H,1-2H3. The Labute approximate surface area is 160 Å². The molecule has 136 valence electrons. The van der Waals surface area contributed by atoms with Gasteiger partial charge in [0.25, 0.3) is 11.5 Å². The molecule has 5 aromatic rings. The van der Waals surface area contributed by atoms with Gasteiger partial charge in [0.05, 0.1) is 21.9 Å². The number of carbonyl (C=O) groups is 1. The Morgan fingerprint density at radius 3 is 2.39 bits per heavy atom. The maximum absolute atomic E-state index is 13.5. The minimum absolute atomic E-state index is 0.177. The zero-order chi connectivity index (χ0) is 19.4. The molecule has 5 heteroatoms. The fraction of sp³-hybridized carbons (Fsp3) is 0.0870. The van der Waals surface area contributed by atoms with Crippen molar-refractivity contribution in [3.05, 3.63) is 93.8 Å². The van der Waals surface area contributed by atoms with Gasteiger partial charge >= 0.3 is 0 Å². The Balaban J connectivity index is 1.95. The van der Waals surface area contributed by atoms with E-state index < -0.39 is 0 Å². The largest absolute Gasteiger partial charge is 0.268 e. The molecule has 0 fully saturated rings. The van der Waals surface area contributed by atoms with Crippen molar-refractivity contribution in [2.24, 2.45) is 0 Å². The first-order valence-corrected chi connectivity index (χ1v) is 9.09. The molecule has 0 spiro atoms. The highest BCUT2D eigenvalue weighted by atomic mass is 16.2. The lowest BCUT2D eigenvalue weighted by atomic mass is 10.1. The number of nitrogens with zero attached hydrogens (tertiary/aromatic N) is 3. The van der Waals surface area contributed by atoms with Crippen LogP contribution in [0.3, 0.4) is 0 Å². The van der Waals surface area contributed by atoms with Gasteiger partial charge in [-0.05, 0) is 49.7 Å². The first-order chi connectivity index (χ1) is 13.6. The molecule has 0 atom stereocenters. The van der Waals surface area contributed by atoms with Crippen LogP contribution in [-0.2, 0) is 0 Å². The lowest BCUT2D eigenvalue weighted by molar-refractivity contribution is 0.0968. The van der Waals surface area contributed by atoms with E-state index in [0.717, 1.165) is 11.1 Å². The summed E-state index contributed by atoms with van der Waals surface area (Å²) in [5, 5.41) is 0.530. The summed E-state index contributed by atoms with van der Waals surface area (Å²) >= 11 is 0. The highest BCUT2D eigenvalue weighted by Crippen LogP contribution is 2.23. The van der Waals surface area contributed by atoms with Crippen LogP contribution in [0.4, 0.5) is 0 Å². The van der Waals surface area contributed by atoms with Gasteiger partial charge in [0.1, 0.15) is 0 Å². The van der Waals surface area contributed by atoms with Gasteiger partial charge in [0.2, 0.25) is 5.78 Å². The van der Waals surface area contributed by atoms with E-state index in [1.807, 2.05) is 68.4 Å². The number of benzene rings is 3. The first kappa shape index (κ1) is 16.4. The third kappa shape index (κ3) is 2.23. The summed E-state index contributed by atoms with van der Waals surface area (Å²) in [6, 6.07) is 20.3. The number of fused-ring (bicyclic) bond motifs is 4. The number of rotatable bonds is 1. The molecule has 0 aliphatic heterocycles. The van der Waals surface area contributed by atoms with Gasteiger partial charge in [-0.2, -0.15) is 0 Å². The van der Waals surface area contributed by atoms with Crippen molar-refractivity contribution in [2.75, 3.05) is 0 Å². The third-order valence-electron chi connectivity index (χ3n) is 5.14. The van der Waals surface area contributed by atoms with Gasteiger partial charge in [-0.15, -0.1) is 0 Å². The monoisotopic (exact) mass is 367 g/mol. The van der Waals surface area contributed by atoms with E-state index in [9.17, 15) is 9.59 Å². The average Bonchev–Trinajstić information content (AvgIpc) is 3.02. The molecule has 0 aliphatic rings. The topological polar surface area (TPSA) is 56.4 Å². The molecule has 0 amide bonds. The molecule has 5 rings (SSSR count). The van der Waals surface area contributed by atoms with Crippen LogP contribution >= 0.6 is 0 Å². The van der Waals surface area contributed by atoms with Crippen LogP contribution in [0.25, 0.3) is 27.7 Å². The average molecular weight is 367 g/mol. The van der Waals surface area contributed by atoms with E-state index in [0.29, 0.717) is 33.3 Å². The van der Waals surface area contributed by atoms with E-state index in [4.69, 9.17) is 0 Å². The second-order valence-corrected chi connectivity index (χ2v) is 7.02. The Kier molecular flexibility index (Phi) is 3.46. The van der Waals surface area contributed by atoms with Crippen LogP contribution in [0, 0.1) is 13.8 Å². The van der Waals surface area contributed by atoms with E-state index in [-0.39, 0.29) is 11.5 Å². The van der Waals surface area contributed by atoms with Gasteiger partial charge < -0.3 is 0 Å². The van der Waals surface area contributed by atoms with E-state index >= 15 is 0 Å². The molecule has 3 aromatic carbocycles. The Morgan fingerprint density at radius 2 is 1.61 bits per heavy atom. The van der Waals surface area contributed by atoms with Crippen LogP contribution in [0.1, 0.15) is 21.5 Å².